The van der Waals surface area contributed by atoms with E-state index in [0.29, 0.717) is 5.02 Å². The van der Waals surface area contributed by atoms with Gasteiger partial charge in [-0.05, 0) is 36.7 Å². The summed E-state index contributed by atoms with van der Waals surface area (Å²) in [4.78, 5) is 23.2. The zero-order valence-electron chi connectivity index (χ0n) is 11.9. The number of nitrogens with zero attached hydrogens (tertiary/aromatic N) is 4. The molecule has 0 aliphatic heterocycles. The smallest absolute Gasteiger partial charge is 0.266 e. The molecule has 0 radical (unpaired) electrons. The van der Waals surface area contributed by atoms with E-state index in [-0.39, 0.29) is 22.5 Å². The van der Waals surface area contributed by atoms with Gasteiger partial charge in [0.1, 0.15) is 17.3 Å². The second kappa shape index (κ2) is 6.33. The minimum absolute atomic E-state index is 0.0457. The van der Waals surface area contributed by atoms with Gasteiger partial charge in [0.05, 0.1) is 11.9 Å². The third-order valence-electron chi connectivity index (χ3n) is 3.19. The standard InChI is InChI=1S/C15H11ClN4O2/c1-9-13(7-17)15(21)20(10(2)14(9)19-22)18-8-11-3-5-12(16)6-4-11/h3-6,8H,1-2H3/b18-8+. The topological polar surface area (TPSA) is 87.6 Å². The van der Waals surface area contributed by atoms with Gasteiger partial charge in [-0.15, -0.1) is 4.91 Å². The zero-order valence-corrected chi connectivity index (χ0v) is 12.6. The van der Waals surface area contributed by atoms with Crippen molar-refractivity contribution in [1.29, 1.82) is 5.26 Å². The molecule has 7 heteroatoms. The average molecular weight is 315 g/mol. The van der Waals surface area contributed by atoms with E-state index < -0.39 is 5.56 Å². The molecule has 6 nitrogen and oxygen atoms in total. The lowest BCUT2D eigenvalue weighted by Crippen LogP contribution is -2.23. The van der Waals surface area contributed by atoms with E-state index in [1.807, 2.05) is 0 Å². The summed E-state index contributed by atoms with van der Waals surface area (Å²) >= 11 is 5.79. The molecule has 0 bridgehead atoms. The summed E-state index contributed by atoms with van der Waals surface area (Å²) in [5.41, 5.74) is 0.572. The first-order chi connectivity index (χ1) is 10.5. The van der Waals surface area contributed by atoms with E-state index in [0.717, 1.165) is 10.2 Å². The van der Waals surface area contributed by atoms with E-state index >= 15 is 0 Å². The van der Waals surface area contributed by atoms with Gasteiger partial charge >= 0.3 is 0 Å². The molecule has 2 aromatic rings. The fourth-order valence-electron chi connectivity index (χ4n) is 1.99. The highest BCUT2D eigenvalue weighted by Gasteiger charge is 2.17. The number of halogens is 1. The second-order valence-corrected chi connectivity index (χ2v) is 4.99. The summed E-state index contributed by atoms with van der Waals surface area (Å²) in [5, 5.41) is 16.6. The Hall–Kier alpha value is -2.78. The maximum absolute atomic E-state index is 12.2. The highest BCUT2D eigenvalue weighted by atomic mass is 35.5. The number of pyridine rings is 1. The number of rotatable bonds is 3. The molecule has 1 aromatic carbocycles. The van der Waals surface area contributed by atoms with E-state index in [1.165, 1.54) is 13.1 Å². The van der Waals surface area contributed by atoms with Crippen LogP contribution in [0.5, 0.6) is 0 Å². The molecule has 1 heterocycles. The molecular weight excluding hydrogens is 304 g/mol. The van der Waals surface area contributed by atoms with Crippen molar-refractivity contribution in [3.63, 3.8) is 0 Å². The van der Waals surface area contributed by atoms with Crippen molar-refractivity contribution in [2.24, 2.45) is 10.3 Å². The first-order valence-electron chi connectivity index (χ1n) is 6.29. The van der Waals surface area contributed by atoms with Gasteiger partial charge in [0.15, 0.2) is 0 Å². The Morgan fingerprint density at radius 2 is 1.91 bits per heavy atom. The van der Waals surface area contributed by atoms with Gasteiger partial charge in [-0.25, -0.2) is 0 Å². The van der Waals surface area contributed by atoms with Crippen LogP contribution in [0.1, 0.15) is 22.4 Å². The Bertz CT molecular complexity index is 861. The Kier molecular flexibility index (Phi) is 4.49. The lowest BCUT2D eigenvalue weighted by molar-refractivity contribution is 0.787. The molecule has 0 unspecified atom stereocenters. The van der Waals surface area contributed by atoms with Gasteiger partial charge in [0.2, 0.25) is 0 Å². The summed E-state index contributed by atoms with van der Waals surface area (Å²) in [5.74, 6) is 0. The summed E-state index contributed by atoms with van der Waals surface area (Å²) in [6, 6.07) is 8.62. The largest absolute Gasteiger partial charge is 0.289 e. The normalized spacial score (nSPS) is 10.6. The average Bonchev–Trinajstić information content (AvgIpc) is 2.50. The molecular formula is C15H11ClN4O2. The van der Waals surface area contributed by atoms with Crippen LogP contribution in [0.4, 0.5) is 5.69 Å². The molecule has 0 aliphatic rings. The number of nitroso groups, excluding NO2 is 1. The molecule has 0 aliphatic carbocycles. The monoisotopic (exact) mass is 314 g/mol. The van der Waals surface area contributed by atoms with Crippen LogP contribution in [-0.4, -0.2) is 10.9 Å². The summed E-state index contributed by atoms with van der Waals surface area (Å²) in [7, 11) is 0. The Labute approximate surface area is 131 Å². The fourth-order valence-corrected chi connectivity index (χ4v) is 2.11. The SMILES string of the molecule is Cc1c(N=O)c(C)n(/N=C/c2ccc(Cl)cc2)c(=O)c1C#N. The molecule has 0 fully saturated rings. The quantitative estimate of drug-likeness (QED) is 0.643. The van der Waals surface area contributed by atoms with Crippen molar-refractivity contribution < 1.29 is 0 Å². The zero-order chi connectivity index (χ0) is 16.3. The molecule has 0 spiro atoms. The van der Waals surface area contributed by atoms with Crippen LogP contribution in [0, 0.1) is 30.1 Å². The van der Waals surface area contributed by atoms with Crippen LogP contribution in [0.15, 0.2) is 39.3 Å². The third kappa shape index (κ3) is 2.80. The van der Waals surface area contributed by atoms with E-state index in [4.69, 9.17) is 16.9 Å². The summed E-state index contributed by atoms with van der Waals surface area (Å²) < 4.78 is 0.997. The van der Waals surface area contributed by atoms with Crippen molar-refractivity contribution in [2.45, 2.75) is 13.8 Å². The van der Waals surface area contributed by atoms with E-state index in [1.54, 1.807) is 37.3 Å². The highest BCUT2D eigenvalue weighted by Crippen LogP contribution is 2.23. The lowest BCUT2D eigenvalue weighted by Gasteiger charge is -2.09. The van der Waals surface area contributed by atoms with Gasteiger partial charge in [0, 0.05) is 10.6 Å². The fraction of sp³-hybridized carbons (Fsp3) is 0.133. The van der Waals surface area contributed by atoms with Crippen molar-refractivity contribution in [3.8, 4) is 6.07 Å². The van der Waals surface area contributed by atoms with Crippen LogP contribution in [0.25, 0.3) is 0 Å². The maximum Gasteiger partial charge on any atom is 0.289 e. The van der Waals surface area contributed by atoms with Gasteiger partial charge < -0.3 is 0 Å². The molecule has 110 valence electrons. The number of hydrogen-bond donors (Lipinski definition) is 0. The van der Waals surface area contributed by atoms with Crippen LogP contribution in [0.3, 0.4) is 0 Å². The molecule has 0 amide bonds. The number of hydrogen-bond acceptors (Lipinski definition) is 5. The van der Waals surface area contributed by atoms with E-state index in [2.05, 4.69) is 10.3 Å². The highest BCUT2D eigenvalue weighted by molar-refractivity contribution is 6.30. The first kappa shape index (κ1) is 15.6. The summed E-state index contributed by atoms with van der Waals surface area (Å²) in [6.07, 6.45) is 1.44. The van der Waals surface area contributed by atoms with Crippen molar-refractivity contribution in [1.82, 2.24) is 4.68 Å². The molecule has 1 aromatic heterocycles. The lowest BCUT2D eigenvalue weighted by atomic mass is 10.1. The molecule has 0 atom stereocenters. The third-order valence-corrected chi connectivity index (χ3v) is 3.44. The second-order valence-electron chi connectivity index (χ2n) is 4.55. The molecule has 0 saturated heterocycles. The molecule has 22 heavy (non-hydrogen) atoms. The molecule has 0 N–H and O–H groups in total. The van der Waals surface area contributed by atoms with Crippen molar-refractivity contribution in [2.75, 3.05) is 0 Å². The van der Waals surface area contributed by atoms with Crippen molar-refractivity contribution in [3.05, 3.63) is 66.9 Å². The van der Waals surface area contributed by atoms with Crippen LogP contribution < -0.4 is 5.56 Å². The van der Waals surface area contributed by atoms with Gasteiger partial charge in [-0.2, -0.15) is 15.0 Å². The van der Waals surface area contributed by atoms with Gasteiger partial charge in [0.25, 0.3) is 5.56 Å². The van der Waals surface area contributed by atoms with Crippen LogP contribution in [-0.2, 0) is 0 Å². The number of benzene rings is 1. The van der Waals surface area contributed by atoms with Crippen molar-refractivity contribution >= 4 is 23.5 Å². The Morgan fingerprint density at radius 1 is 1.27 bits per heavy atom. The predicted molar refractivity (Wildman–Crippen MR) is 84.8 cm³/mol. The Morgan fingerprint density at radius 3 is 2.45 bits per heavy atom. The number of nitriles is 1. The predicted octanol–water partition coefficient (Wildman–Crippen LogP) is 3.27. The van der Waals surface area contributed by atoms with Crippen LogP contribution >= 0.6 is 11.6 Å². The minimum atomic E-state index is -0.588. The van der Waals surface area contributed by atoms with Gasteiger partial charge in [-0.1, -0.05) is 23.7 Å². The first-order valence-corrected chi connectivity index (χ1v) is 6.67. The van der Waals surface area contributed by atoms with Gasteiger partial charge in [-0.3, -0.25) is 4.79 Å². The molecule has 2 rings (SSSR count). The van der Waals surface area contributed by atoms with E-state index in [9.17, 15) is 9.70 Å². The maximum atomic E-state index is 12.2. The van der Waals surface area contributed by atoms with Crippen LogP contribution in [0.2, 0.25) is 5.02 Å². The molecule has 0 saturated carbocycles. The minimum Gasteiger partial charge on any atom is -0.266 e. The summed E-state index contributed by atoms with van der Waals surface area (Å²) in [6.45, 7) is 3.06. The number of aromatic nitrogens is 1. The Balaban J connectivity index is 2.61.